The molecule has 8 heteroatoms. The number of carbonyl (C=O) groups excluding carboxylic acids is 1. The van der Waals surface area contributed by atoms with Gasteiger partial charge in [0.15, 0.2) is 5.96 Å². The number of benzene rings is 1. The number of aliphatic imine (C=N–C) groups is 1. The SMILES string of the molecule is CCNC(=NCCCOC(C)c1ccccc1)NCCN1CCN(C(=O)C2CCC2)CC1.I. The van der Waals surface area contributed by atoms with Crippen LogP contribution in [0.3, 0.4) is 0 Å². The highest BCUT2D eigenvalue weighted by molar-refractivity contribution is 14.0. The normalized spacial score (nSPS) is 18.2. The standard InChI is InChI=1S/C25H41N5O2.HI/c1-3-26-25(27-13-8-20-32-21(2)22-9-5-4-6-10-22)28-14-15-29-16-18-30(19-17-29)24(31)23-11-7-12-23;/h4-6,9-10,21,23H,3,7-8,11-20H2,1-2H3,(H2,26,27,28);1H. The van der Waals surface area contributed by atoms with E-state index in [0.29, 0.717) is 18.4 Å². The van der Waals surface area contributed by atoms with Crippen LogP contribution in [0.1, 0.15) is 51.2 Å². The van der Waals surface area contributed by atoms with Gasteiger partial charge >= 0.3 is 0 Å². The lowest BCUT2D eigenvalue weighted by Crippen LogP contribution is -2.52. The van der Waals surface area contributed by atoms with E-state index in [1.54, 1.807) is 0 Å². The highest BCUT2D eigenvalue weighted by atomic mass is 127. The lowest BCUT2D eigenvalue weighted by molar-refractivity contribution is -0.139. The van der Waals surface area contributed by atoms with Crippen molar-refractivity contribution in [3.63, 3.8) is 0 Å². The van der Waals surface area contributed by atoms with E-state index in [0.717, 1.165) is 77.6 Å². The maximum atomic E-state index is 12.4. The first-order valence-corrected chi connectivity index (χ1v) is 12.4. The molecule has 1 unspecified atom stereocenters. The van der Waals surface area contributed by atoms with E-state index >= 15 is 0 Å². The first kappa shape index (κ1) is 27.9. The van der Waals surface area contributed by atoms with Crippen molar-refractivity contribution in [2.24, 2.45) is 10.9 Å². The molecule has 1 amide bonds. The van der Waals surface area contributed by atoms with Crippen molar-refractivity contribution in [1.29, 1.82) is 0 Å². The fourth-order valence-corrected chi connectivity index (χ4v) is 4.12. The van der Waals surface area contributed by atoms with Gasteiger partial charge in [-0.05, 0) is 38.7 Å². The van der Waals surface area contributed by atoms with Gasteiger partial charge in [0, 0.05) is 64.9 Å². The van der Waals surface area contributed by atoms with Crippen LogP contribution in [-0.2, 0) is 9.53 Å². The average molecular weight is 572 g/mol. The molecule has 1 aliphatic heterocycles. The van der Waals surface area contributed by atoms with E-state index in [2.05, 4.69) is 51.4 Å². The smallest absolute Gasteiger partial charge is 0.225 e. The van der Waals surface area contributed by atoms with E-state index in [4.69, 9.17) is 4.74 Å². The molecule has 2 fully saturated rings. The molecule has 2 aliphatic rings. The molecule has 7 nitrogen and oxygen atoms in total. The van der Waals surface area contributed by atoms with Crippen molar-refractivity contribution in [2.45, 2.75) is 45.6 Å². The van der Waals surface area contributed by atoms with Gasteiger partial charge in [-0.2, -0.15) is 0 Å². The average Bonchev–Trinajstić information content (AvgIpc) is 2.78. The summed E-state index contributed by atoms with van der Waals surface area (Å²) in [5, 5.41) is 6.76. The summed E-state index contributed by atoms with van der Waals surface area (Å²) >= 11 is 0. The number of nitrogens with one attached hydrogen (secondary N) is 2. The number of piperazine rings is 1. The van der Waals surface area contributed by atoms with Crippen molar-refractivity contribution in [3.8, 4) is 0 Å². The van der Waals surface area contributed by atoms with E-state index in [-0.39, 0.29) is 30.1 Å². The molecular weight excluding hydrogens is 529 g/mol. The molecule has 1 atom stereocenters. The maximum Gasteiger partial charge on any atom is 0.225 e. The van der Waals surface area contributed by atoms with Crippen molar-refractivity contribution in [1.82, 2.24) is 20.4 Å². The third-order valence-electron chi connectivity index (χ3n) is 6.41. The summed E-state index contributed by atoms with van der Waals surface area (Å²) in [5.74, 6) is 1.56. The Hall–Kier alpha value is -1.39. The molecule has 1 aromatic rings. The zero-order valence-electron chi connectivity index (χ0n) is 20.3. The van der Waals surface area contributed by atoms with Gasteiger partial charge in [0.25, 0.3) is 0 Å². The predicted molar refractivity (Wildman–Crippen MR) is 145 cm³/mol. The quantitative estimate of drug-likeness (QED) is 0.185. The van der Waals surface area contributed by atoms with Crippen LogP contribution in [0.5, 0.6) is 0 Å². The lowest BCUT2D eigenvalue weighted by atomic mass is 9.84. The second kappa shape index (κ2) is 15.5. The topological polar surface area (TPSA) is 69.2 Å². The number of guanidine groups is 1. The van der Waals surface area contributed by atoms with Crippen LogP contribution < -0.4 is 10.6 Å². The molecule has 0 radical (unpaired) electrons. The molecule has 186 valence electrons. The van der Waals surface area contributed by atoms with E-state index in [1.165, 1.54) is 12.0 Å². The lowest BCUT2D eigenvalue weighted by Gasteiger charge is -2.38. The molecule has 0 bridgehead atoms. The first-order valence-electron chi connectivity index (χ1n) is 12.4. The second-order valence-corrected chi connectivity index (χ2v) is 8.76. The number of nitrogens with zero attached hydrogens (tertiary/aromatic N) is 3. The van der Waals surface area contributed by atoms with Gasteiger partial charge in [-0.1, -0.05) is 36.8 Å². The molecule has 1 aliphatic carbocycles. The fourth-order valence-electron chi connectivity index (χ4n) is 4.12. The molecule has 2 N–H and O–H groups in total. The highest BCUT2D eigenvalue weighted by Crippen LogP contribution is 2.28. The monoisotopic (exact) mass is 571 g/mol. The molecule has 0 spiro atoms. The Bertz CT molecular complexity index is 706. The van der Waals surface area contributed by atoms with E-state index in [9.17, 15) is 4.79 Å². The Labute approximate surface area is 216 Å². The predicted octanol–water partition coefficient (Wildman–Crippen LogP) is 3.27. The molecular formula is C25H42IN5O2. The van der Waals surface area contributed by atoms with Crippen LogP contribution in [0, 0.1) is 5.92 Å². The summed E-state index contributed by atoms with van der Waals surface area (Å²) in [7, 11) is 0. The third kappa shape index (κ3) is 9.41. The Morgan fingerprint density at radius 2 is 1.88 bits per heavy atom. The minimum atomic E-state index is 0. The van der Waals surface area contributed by atoms with Crippen LogP contribution in [0.25, 0.3) is 0 Å². The number of ether oxygens (including phenoxy) is 1. The van der Waals surface area contributed by atoms with E-state index in [1.807, 2.05) is 18.2 Å². The summed E-state index contributed by atoms with van der Waals surface area (Å²) < 4.78 is 5.94. The number of amides is 1. The number of hydrogen-bond donors (Lipinski definition) is 2. The Kier molecular flexibility index (Phi) is 13.1. The summed E-state index contributed by atoms with van der Waals surface area (Å²) in [4.78, 5) is 21.6. The summed E-state index contributed by atoms with van der Waals surface area (Å²) in [5.41, 5.74) is 1.21. The Morgan fingerprint density at radius 3 is 2.52 bits per heavy atom. The zero-order chi connectivity index (χ0) is 22.6. The van der Waals surface area contributed by atoms with Crippen LogP contribution in [0.2, 0.25) is 0 Å². The third-order valence-corrected chi connectivity index (χ3v) is 6.41. The minimum Gasteiger partial charge on any atom is -0.374 e. The van der Waals surface area contributed by atoms with Gasteiger partial charge < -0.3 is 20.3 Å². The molecule has 3 rings (SSSR count). The Morgan fingerprint density at radius 1 is 1.15 bits per heavy atom. The molecule has 1 heterocycles. The molecule has 1 aromatic carbocycles. The van der Waals surface area contributed by atoms with Gasteiger partial charge in [0.2, 0.25) is 5.91 Å². The van der Waals surface area contributed by atoms with Crippen molar-refractivity contribution < 1.29 is 9.53 Å². The number of rotatable bonds is 11. The van der Waals surface area contributed by atoms with Crippen molar-refractivity contribution in [3.05, 3.63) is 35.9 Å². The largest absolute Gasteiger partial charge is 0.374 e. The summed E-state index contributed by atoms with van der Waals surface area (Å²) in [6.07, 6.45) is 4.40. The number of hydrogen-bond acceptors (Lipinski definition) is 4. The molecule has 1 saturated heterocycles. The van der Waals surface area contributed by atoms with Gasteiger partial charge in [0.05, 0.1) is 6.10 Å². The Balaban J connectivity index is 0.00000385. The highest BCUT2D eigenvalue weighted by Gasteiger charge is 2.30. The summed E-state index contributed by atoms with van der Waals surface area (Å²) in [6.45, 7) is 11.9. The fraction of sp³-hybridized carbons (Fsp3) is 0.680. The first-order chi connectivity index (χ1) is 15.7. The zero-order valence-corrected chi connectivity index (χ0v) is 22.6. The van der Waals surface area contributed by atoms with Gasteiger partial charge in [-0.25, -0.2) is 0 Å². The number of carbonyl (C=O) groups is 1. The molecule has 0 aromatic heterocycles. The van der Waals surface area contributed by atoms with Gasteiger partial charge in [-0.3, -0.25) is 14.7 Å². The maximum absolute atomic E-state index is 12.4. The van der Waals surface area contributed by atoms with Gasteiger partial charge in [0.1, 0.15) is 0 Å². The van der Waals surface area contributed by atoms with Crippen LogP contribution in [-0.4, -0.2) is 80.6 Å². The van der Waals surface area contributed by atoms with Crippen molar-refractivity contribution >= 4 is 35.8 Å². The van der Waals surface area contributed by atoms with Gasteiger partial charge in [-0.15, -0.1) is 24.0 Å². The summed E-state index contributed by atoms with van der Waals surface area (Å²) in [6, 6.07) is 10.3. The second-order valence-electron chi connectivity index (χ2n) is 8.76. The van der Waals surface area contributed by atoms with Crippen LogP contribution in [0.4, 0.5) is 0 Å². The number of halogens is 1. The van der Waals surface area contributed by atoms with E-state index < -0.39 is 0 Å². The van der Waals surface area contributed by atoms with Crippen molar-refractivity contribution in [2.75, 3.05) is 59.0 Å². The molecule has 33 heavy (non-hydrogen) atoms. The minimum absolute atomic E-state index is 0. The van der Waals surface area contributed by atoms with Crippen LogP contribution in [0.15, 0.2) is 35.3 Å². The van der Waals surface area contributed by atoms with Crippen LogP contribution >= 0.6 is 24.0 Å². The molecule has 1 saturated carbocycles.